The van der Waals surface area contributed by atoms with Gasteiger partial charge in [0.2, 0.25) is 0 Å². The lowest BCUT2D eigenvalue weighted by Gasteiger charge is -2.18. The normalized spacial score (nSPS) is 33.6. The van der Waals surface area contributed by atoms with Crippen LogP contribution < -0.4 is 0 Å². The molecule has 1 aliphatic rings. The molecule has 3 atom stereocenters. The molecule has 1 aliphatic heterocycles. The fourth-order valence-corrected chi connectivity index (χ4v) is 2.09. The molecule has 1 unspecified atom stereocenters. The van der Waals surface area contributed by atoms with Gasteiger partial charge in [0.15, 0.2) is 0 Å². The Balaban J connectivity index is 2.53. The van der Waals surface area contributed by atoms with E-state index in [1.165, 1.54) is 7.11 Å². The first kappa shape index (κ1) is 12.1. The number of phosphoric acid groups is 1. The maximum atomic E-state index is 10.6. The zero-order valence-corrected chi connectivity index (χ0v) is 9.02. The van der Waals surface area contributed by atoms with Gasteiger partial charge < -0.3 is 19.3 Å². The first-order valence-electron chi connectivity index (χ1n) is 4.30. The van der Waals surface area contributed by atoms with E-state index >= 15 is 0 Å². The van der Waals surface area contributed by atoms with Gasteiger partial charge in [0.25, 0.3) is 0 Å². The van der Waals surface area contributed by atoms with E-state index in [1.54, 1.807) is 0 Å². The molecule has 0 radical (unpaired) electrons. The van der Waals surface area contributed by atoms with E-state index in [0.717, 1.165) is 0 Å². The Morgan fingerprint density at radius 2 is 2.21 bits per heavy atom. The number of hydrogen-bond donors (Lipinski definition) is 2. The van der Waals surface area contributed by atoms with Gasteiger partial charge in [-0.25, -0.2) is 4.57 Å². The van der Waals surface area contributed by atoms with Crippen molar-refractivity contribution in [3.8, 4) is 0 Å². The van der Waals surface area contributed by atoms with E-state index in [9.17, 15) is 4.57 Å². The van der Waals surface area contributed by atoms with Crippen molar-refractivity contribution in [2.75, 3.05) is 13.7 Å². The summed E-state index contributed by atoms with van der Waals surface area (Å²) in [5, 5.41) is 0. The SMILES string of the molecule is COC[C@H]1O[C@@H](C)CC1OP(=O)(O)O. The maximum absolute atomic E-state index is 10.6. The van der Waals surface area contributed by atoms with Crippen LogP contribution in [-0.2, 0) is 18.6 Å². The lowest BCUT2D eigenvalue weighted by atomic mass is 10.1. The molecule has 1 rings (SSSR count). The molecule has 7 heteroatoms. The standard InChI is InChI=1S/C7H15O6P/c1-5-3-6(13-14(8,9)10)7(12-5)4-11-2/h5-7H,3-4H2,1-2H3,(H2,8,9,10)/t5-,6?,7+/m0/s1. The van der Waals surface area contributed by atoms with E-state index in [2.05, 4.69) is 4.52 Å². The third-order valence-electron chi connectivity index (χ3n) is 1.99. The van der Waals surface area contributed by atoms with Crippen molar-refractivity contribution in [1.29, 1.82) is 0 Å². The molecule has 0 saturated carbocycles. The molecule has 84 valence electrons. The molecule has 0 bridgehead atoms. The number of phosphoric ester groups is 1. The van der Waals surface area contributed by atoms with E-state index < -0.39 is 20.0 Å². The van der Waals surface area contributed by atoms with Gasteiger partial charge in [0.05, 0.1) is 12.7 Å². The number of ether oxygens (including phenoxy) is 2. The van der Waals surface area contributed by atoms with E-state index in [0.29, 0.717) is 6.42 Å². The summed E-state index contributed by atoms with van der Waals surface area (Å²) in [6.45, 7) is 2.10. The molecular weight excluding hydrogens is 211 g/mol. The van der Waals surface area contributed by atoms with Gasteiger partial charge in [0, 0.05) is 13.5 Å². The van der Waals surface area contributed by atoms with Crippen LogP contribution in [0.4, 0.5) is 0 Å². The topological polar surface area (TPSA) is 85.2 Å². The van der Waals surface area contributed by atoms with Gasteiger partial charge in [0.1, 0.15) is 12.2 Å². The summed E-state index contributed by atoms with van der Waals surface area (Å²) >= 11 is 0. The van der Waals surface area contributed by atoms with Gasteiger partial charge in [-0.15, -0.1) is 0 Å². The van der Waals surface area contributed by atoms with Crippen molar-refractivity contribution in [3.05, 3.63) is 0 Å². The summed E-state index contributed by atoms with van der Waals surface area (Å²) in [5.74, 6) is 0. The highest BCUT2D eigenvalue weighted by molar-refractivity contribution is 7.46. The summed E-state index contributed by atoms with van der Waals surface area (Å²) < 4.78 is 25.4. The van der Waals surface area contributed by atoms with E-state index in [-0.39, 0.29) is 12.7 Å². The van der Waals surface area contributed by atoms with Gasteiger partial charge in [-0.2, -0.15) is 0 Å². The Morgan fingerprint density at radius 3 is 2.71 bits per heavy atom. The lowest BCUT2D eigenvalue weighted by Crippen LogP contribution is -2.27. The summed E-state index contributed by atoms with van der Waals surface area (Å²) in [6, 6.07) is 0. The van der Waals surface area contributed by atoms with Crippen LogP contribution in [-0.4, -0.2) is 41.8 Å². The molecule has 1 fully saturated rings. The average Bonchev–Trinajstić information content (AvgIpc) is 2.28. The maximum Gasteiger partial charge on any atom is 0.469 e. The predicted octanol–water partition coefficient (Wildman–Crippen LogP) is 0.288. The zero-order valence-electron chi connectivity index (χ0n) is 8.12. The minimum absolute atomic E-state index is 0.0632. The Hall–Kier alpha value is 0.0300. The smallest absolute Gasteiger partial charge is 0.382 e. The van der Waals surface area contributed by atoms with Crippen LogP contribution in [0, 0.1) is 0 Å². The summed E-state index contributed by atoms with van der Waals surface area (Å²) in [5.41, 5.74) is 0. The zero-order chi connectivity index (χ0) is 10.8. The van der Waals surface area contributed by atoms with Crippen LogP contribution in [0.3, 0.4) is 0 Å². The predicted molar refractivity (Wildman–Crippen MR) is 47.7 cm³/mol. The summed E-state index contributed by atoms with van der Waals surface area (Å²) in [4.78, 5) is 17.3. The molecule has 14 heavy (non-hydrogen) atoms. The molecule has 1 saturated heterocycles. The van der Waals surface area contributed by atoms with Gasteiger partial charge in [-0.1, -0.05) is 0 Å². The quantitative estimate of drug-likeness (QED) is 0.670. The molecular formula is C7H15O6P. The third kappa shape index (κ3) is 3.65. The average molecular weight is 226 g/mol. The van der Waals surface area contributed by atoms with Crippen LogP contribution >= 0.6 is 7.82 Å². The second kappa shape index (κ2) is 4.70. The number of rotatable bonds is 4. The fourth-order valence-electron chi connectivity index (χ4n) is 1.52. The number of methoxy groups -OCH3 is 1. The first-order chi connectivity index (χ1) is 6.42. The Kier molecular flexibility index (Phi) is 4.06. The molecule has 0 spiro atoms. The van der Waals surface area contributed by atoms with Crippen molar-refractivity contribution in [2.45, 2.75) is 31.7 Å². The molecule has 0 amide bonds. The molecule has 6 nitrogen and oxygen atoms in total. The molecule has 0 aromatic rings. The van der Waals surface area contributed by atoms with Crippen molar-refractivity contribution >= 4 is 7.82 Å². The molecule has 0 aromatic heterocycles. The molecule has 2 N–H and O–H groups in total. The molecule has 1 heterocycles. The Morgan fingerprint density at radius 1 is 1.57 bits per heavy atom. The highest BCUT2D eigenvalue weighted by Crippen LogP contribution is 2.41. The molecule has 0 aromatic carbocycles. The van der Waals surface area contributed by atoms with Crippen molar-refractivity contribution in [2.24, 2.45) is 0 Å². The van der Waals surface area contributed by atoms with Crippen LogP contribution in [0.1, 0.15) is 13.3 Å². The molecule has 0 aliphatic carbocycles. The van der Waals surface area contributed by atoms with Crippen LogP contribution in [0.5, 0.6) is 0 Å². The van der Waals surface area contributed by atoms with Crippen LogP contribution in [0.15, 0.2) is 0 Å². The van der Waals surface area contributed by atoms with Gasteiger partial charge >= 0.3 is 7.82 Å². The summed E-state index contributed by atoms with van der Waals surface area (Å²) in [7, 11) is -2.94. The van der Waals surface area contributed by atoms with E-state index in [1.807, 2.05) is 6.92 Å². The second-order valence-electron chi connectivity index (χ2n) is 3.31. The van der Waals surface area contributed by atoms with Crippen molar-refractivity contribution < 1.29 is 28.3 Å². The lowest BCUT2D eigenvalue weighted by molar-refractivity contribution is -0.0283. The van der Waals surface area contributed by atoms with Gasteiger partial charge in [-0.3, -0.25) is 4.52 Å². The van der Waals surface area contributed by atoms with Crippen molar-refractivity contribution in [1.82, 2.24) is 0 Å². The minimum Gasteiger partial charge on any atom is -0.382 e. The third-order valence-corrected chi connectivity index (χ3v) is 2.54. The highest BCUT2D eigenvalue weighted by Gasteiger charge is 2.37. The minimum atomic E-state index is -4.44. The van der Waals surface area contributed by atoms with Crippen LogP contribution in [0.25, 0.3) is 0 Å². The Labute approximate surface area is 82.4 Å². The Bertz CT molecular complexity index is 226. The fraction of sp³-hybridized carbons (Fsp3) is 1.00. The second-order valence-corrected chi connectivity index (χ2v) is 4.50. The van der Waals surface area contributed by atoms with Gasteiger partial charge in [-0.05, 0) is 6.92 Å². The van der Waals surface area contributed by atoms with Crippen LogP contribution in [0.2, 0.25) is 0 Å². The highest BCUT2D eigenvalue weighted by atomic mass is 31.2. The summed E-state index contributed by atoms with van der Waals surface area (Å²) in [6.07, 6.45) is -0.584. The van der Waals surface area contributed by atoms with Crippen molar-refractivity contribution in [3.63, 3.8) is 0 Å². The largest absolute Gasteiger partial charge is 0.469 e. The first-order valence-corrected chi connectivity index (χ1v) is 5.83. The number of hydrogen-bond acceptors (Lipinski definition) is 4. The monoisotopic (exact) mass is 226 g/mol. The van der Waals surface area contributed by atoms with E-state index in [4.69, 9.17) is 19.3 Å².